The SMILES string of the molecule is Cc1nc2c(c(=O)n1CCOC1CCC(C)CC1C(C)C1SCCC1N)C[C@@H](N1CC(F)(F)C1)CC2. The molecule has 0 radical (unpaired) electrons. The molecule has 2 aliphatic carbocycles. The van der Waals surface area contributed by atoms with E-state index >= 15 is 0 Å². The first-order valence-corrected chi connectivity index (χ1v) is 14.9. The quantitative estimate of drug-likeness (QED) is 0.587. The van der Waals surface area contributed by atoms with E-state index in [2.05, 4.69) is 13.8 Å². The van der Waals surface area contributed by atoms with Crippen LogP contribution in [0.25, 0.3) is 0 Å². The molecule has 6 nitrogen and oxygen atoms in total. The highest BCUT2D eigenvalue weighted by Gasteiger charge is 2.47. The topological polar surface area (TPSA) is 73.4 Å². The van der Waals surface area contributed by atoms with Gasteiger partial charge in [0, 0.05) is 22.9 Å². The van der Waals surface area contributed by atoms with Crippen LogP contribution in [-0.4, -0.2) is 69.3 Å². The zero-order valence-electron chi connectivity index (χ0n) is 21.9. The van der Waals surface area contributed by atoms with Crippen molar-refractivity contribution in [2.75, 3.05) is 25.4 Å². The molecule has 0 bridgehead atoms. The lowest BCUT2D eigenvalue weighted by Gasteiger charge is -2.45. The van der Waals surface area contributed by atoms with Crippen molar-refractivity contribution in [3.63, 3.8) is 0 Å². The van der Waals surface area contributed by atoms with Gasteiger partial charge < -0.3 is 10.5 Å². The fourth-order valence-corrected chi connectivity index (χ4v) is 8.63. The number of alkyl halides is 2. The largest absolute Gasteiger partial charge is 0.376 e. The summed E-state index contributed by atoms with van der Waals surface area (Å²) in [7, 11) is 0. The van der Waals surface area contributed by atoms with Crippen LogP contribution in [-0.2, 0) is 24.1 Å². The lowest BCUT2D eigenvalue weighted by Crippen LogP contribution is -2.61. The number of likely N-dealkylation sites (tertiary alicyclic amines) is 1. The number of nitrogens with zero attached hydrogens (tertiary/aromatic N) is 3. The molecule has 9 heteroatoms. The minimum atomic E-state index is -2.59. The molecule has 1 aromatic heterocycles. The molecule has 2 aliphatic heterocycles. The maximum absolute atomic E-state index is 13.4. The van der Waals surface area contributed by atoms with E-state index in [1.165, 1.54) is 12.8 Å². The van der Waals surface area contributed by atoms with Crippen molar-refractivity contribution in [3.8, 4) is 0 Å². The van der Waals surface area contributed by atoms with Crippen LogP contribution in [0.3, 0.4) is 0 Å². The van der Waals surface area contributed by atoms with Gasteiger partial charge in [0.2, 0.25) is 0 Å². The Hall–Kier alpha value is -1.03. The number of halogens is 2. The minimum Gasteiger partial charge on any atom is -0.376 e. The average molecular weight is 525 g/mol. The molecule has 0 aromatic carbocycles. The third kappa shape index (κ3) is 5.40. The van der Waals surface area contributed by atoms with Gasteiger partial charge in [-0.05, 0) is 75.4 Å². The Balaban J connectivity index is 1.23. The van der Waals surface area contributed by atoms with Crippen molar-refractivity contribution in [2.24, 2.45) is 23.5 Å². The van der Waals surface area contributed by atoms with Crippen LogP contribution in [0.5, 0.6) is 0 Å². The van der Waals surface area contributed by atoms with Crippen molar-refractivity contribution in [3.05, 3.63) is 27.4 Å². The molecule has 202 valence electrons. The van der Waals surface area contributed by atoms with Gasteiger partial charge in [-0.3, -0.25) is 14.3 Å². The smallest absolute Gasteiger partial charge is 0.272 e. The van der Waals surface area contributed by atoms with Crippen LogP contribution in [0.1, 0.15) is 63.0 Å². The second kappa shape index (κ2) is 10.6. The number of ether oxygens (including phenoxy) is 1. The Bertz CT molecular complexity index is 997. The summed E-state index contributed by atoms with van der Waals surface area (Å²) in [6.45, 7) is 7.14. The number of fused-ring (bicyclic) bond motifs is 1. The van der Waals surface area contributed by atoms with Crippen LogP contribution in [0.2, 0.25) is 0 Å². The lowest BCUT2D eigenvalue weighted by atomic mass is 9.72. The molecule has 1 saturated carbocycles. The van der Waals surface area contributed by atoms with Crippen molar-refractivity contribution >= 4 is 11.8 Å². The second-order valence-electron chi connectivity index (χ2n) is 11.8. The Morgan fingerprint density at radius 1 is 1.25 bits per heavy atom. The van der Waals surface area contributed by atoms with E-state index in [4.69, 9.17) is 15.5 Å². The summed E-state index contributed by atoms with van der Waals surface area (Å²) in [6.07, 6.45) is 6.67. The standard InChI is InChI=1S/C27H42F2N4O2S/c1-16-4-7-24(20(12-16)17(2)25-22(30)8-11-36-25)35-10-9-33-18(3)31-23-6-5-19(13-21(23)26(33)34)32-14-27(28,29)15-32/h16-17,19-20,22,24-25H,4-15,30H2,1-3H3/t16?,17?,19-,20?,22?,24?,25?/m0/s1. The van der Waals surface area contributed by atoms with Crippen LogP contribution >= 0.6 is 11.8 Å². The van der Waals surface area contributed by atoms with E-state index in [9.17, 15) is 13.6 Å². The number of aromatic nitrogens is 2. The first-order valence-electron chi connectivity index (χ1n) is 13.8. The summed E-state index contributed by atoms with van der Waals surface area (Å²) >= 11 is 2.02. The third-order valence-electron chi connectivity index (χ3n) is 9.20. The average Bonchev–Trinajstić information content (AvgIpc) is 3.25. The molecule has 3 fully saturated rings. The molecule has 4 aliphatic rings. The molecule has 7 atom stereocenters. The Kier molecular flexibility index (Phi) is 7.84. The van der Waals surface area contributed by atoms with E-state index < -0.39 is 5.92 Å². The van der Waals surface area contributed by atoms with Gasteiger partial charge in [0.05, 0.1) is 38.0 Å². The zero-order chi connectivity index (χ0) is 25.6. The van der Waals surface area contributed by atoms with Crippen LogP contribution in [0, 0.1) is 24.7 Å². The van der Waals surface area contributed by atoms with Gasteiger partial charge in [-0.25, -0.2) is 13.8 Å². The van der Waals surface area contributed by atoms with Crippen molar-refractivity contribution in [1.82, 2.24) is 14.5 Å². The highest BCUT2D eigenvalue weighted by atomic mass is 32.2. The van der Waals surface area contributed by atoms with Gasteiger partial charge >= 0.3 is 0 Å². The highest BCUT2D eigenvalue weighted by Crippen LogP contribution is 2.42. The molecule has 2 N–H and O–H groups in total. The van der Waals surface area contributed by atoms with Gasteiger partial charge in [-0.15, -0.1) is 0 Å². The van der Waals surface area contributed by atoms with Gasteiger partial charge in [0.15, 0.2) is 0 Å². The molecule has 2 saturated heterocycles. The predicted octanol–water partition coefficient (Wildman–Crippen LogP) is 3.65. The molecule has 6 unspecified atom stereocenters. The minimum absolute atomic E-state index is 0.00494. The first kappa shape index (κ1) is 26.6. The lowest BCUT2D eigenvalue weighted by molar-refractivity contribution is -0.147. The normalized spacial score (nSPS) is 35.3. The van der Waals surface area contributed by atoms with Gasteiger partial charge in [0.25, 0.3) is 11.5 Å². The van der Waals surface area contributed by atoms with Gasteiger partial charge in [-0.2, -0.15) is 11.8 Å². The summed E-state index contributed by atoms with van der Waals surface area (Å²) in [5, 5.41) is 0.500. The fourth-order valence-electron chi connectivity index (χ4n) is 7.06. The van der Waals surface area contributed by atoms with E-state index in [0.29, 0.717) is 60.4 Å². The molecule has 5 rings (SSSR count). The molecule has 0 amide bonds. The molecule has 3 heterocycles. The maximum Gasteiger partial charge on any atom is 0.272 e. The van der Waals surface area contributed by atoms with E-state index in [-0.39, 0.29) is 36.8 Å². The maximum atomic E-state index is 13.4. The third-order valence-corrected chi connectivity index (χ3v) is 10.8. The zero-order valence-corrected chi connectivity index (χ0v) is 22.7. The number of nitrogens with two attached hydrogens (primary N) is 1. The van der Waals surface area contributed by atoms with Gasteiger partial charge in [0.1, 0.15) is 5.82 Å². The fraction of sp³-hybridized carbons (Fsp3) is 0.852. The Labute approximate surface area is 217 Å². The summed E-state index contributed by atoms with van der Waals surface area (Å²) in [5.74, 6) is 0.988. The summed E-state index contributed by atoms with van der Waals surface area (Å²) in [4.78, 5) is 20.0. The second-order valence-corrected chi connectivity index (χ2v) is 13.1. The highest BCUT2D eigenvalue weighted by molar-refractivity contribution is 8.00. The van der Waals surface area contributed by atoms with Gasteiger partial charge in [-0.1, -0.05) is 13.8 Å². The summed E-state index contributed by atoms with van der Waals surface area (Å²) in [5.41, 5.74) is 7.97. The number of rotatable bonds is 7. The van der Waals surface area contributed by atoms with E-state index in [1.807, 2.05) is 23.6 Å². The molecule has 36 heavy (non-hydrogen) atoms. The molecular formula is C27H42F2N4O2S. The number of thioether (sulfide) groups is 1. The first-order chi connectivity index (χ1) is 17.1. The summed E-state index contributed by atoms with van der Waals surface area (Å²) in [6, 6.07) is 0.280. The molecular weight excluding hydrogens is 482 g/mol. The van der Waals surface area contributed by atoms with E-state index in [1.54, 1.807) is 4.57 Å². The van der Waals surface area contributed by atoms with Crippen molar-refractivity contribution in [1.29, 1.82) is 0 Å². The molecule has 0 spiro atoms. The number of hydrogen-bond donors (Lipinski definition) is 1. The number of hydrogen-bond acceptors (Lipinski definition) is 6. The van der Waals surface area contributed by atoms with Crippen LogP contribution in [0.4, 0.5) is 8.78 Å². The number of aryl methyl sites for hydroxylation is 2. The van der Waals surface area contributed by atoms with Crippen molar-refractivity contribution < 1.29 is 13.5 Å². The monoisotopic (exact) mass is 524 g/mol. The predicted molar refractivity (Wildman–Crippen MR) is 140 cm³/mol. The molecule has 1 aromatic rings. The van der Waals surface area contributed by atoms with Crippen LogP contribution in [0.15, 0.2) is 4.79 Å². The van der Waals surface area contributed by atoms with E-state index in [0.717, 1.165) is 30.7 Å². The van der Waals surface area contributed by atoms with Crippen LogP contribution < -0.4 is 11.3 Å². The Morgan fingerprint density at radius 3 is 2.72 bits per heavy atom. The summed E-state index contributed by atoms with van der Waals surface area (Å²) < 4.78 is 35.0. The Morgan fingerprint density at radius 2 is 2.03 bits per heavy atom. The van der Waals surface area contributed by atoms with Crippen molar-refractivity contribution in [2.45, 2.75) is 102 Å².